The summed E-state index contributed by atoms with van der Waals surface area (Å²) in [5, 5.41) is 9.06. The van der Waals surface area contributed by atoms with Gasteiger partial charge in [0.15, 0.2) is 0 Å². The van der Waals surface area contributed by atoms with Crippen molar-refractivity contribution in [3.05, 3.63) is 188 Å². The zero-order chi connectivity index (χ0) is 34.9. The van der Waals surface area contributed by atoms with Gasteiger partial charge in [0.1, 0.15) is 22.3 Å². The maximum absolute atomic E-state index is 6.69. The number of furan rings is 2. The number of anilines is 3. The van der Waals surface area contributed by atoms with E-state index in [-0.39, 0.29) is 0 Å². The third-order valence-electron chi connectivity index (χ3n) is 10.7. The summed E-state index contributed by atoms with van der Waals surface area (Å²) in [7, 11) is 0. The molecule has 0 fully saturated rings. The van der Waals surface area contributed by atoms with Crippen molar-refractivity contribution >= 4 is 82.5 Å². The fourth-order valence-electron chi connectivity index (χ4n) is 8.30. The summed E-state index contributed by atoms with van der Waals surface area (Å²) in [5.41, 5.74) is 11.4. The SMILES string of the molecule is c1ccc(-c2cccc3cccc(-c4ccc(N(c5cccc6oc7ccccc7c56)c5cccc6oc7c8ccccc8ccc7c56)cc4)c23)cc1. The molecule has 9 aromatic carbocycles. The van der Waals surface area contributed by atoms with Crippen LogP contribution in [0.4, 0.5) is 17.1 Å². The predicted octanol–water partition coefficient (Wildman–Crippen LogP) is 14.6. The van der Waals surface area contributed by atoms with Gasteiger partial charge in [-0.2, -0.15) is 0 Å². The Morgan fingerprint density at radius 1 is 0.321 bits per heavy atom. The highest BCUT2D eigenvalue weighted by Gasteiger charge is 2.24. The lowest BCUT2D eigenvalue weighted by Gasteiger charge is -2.27. The molecule has 11 rings (SSSR count). The summed E-state index contributed by atoms with van der Waals surface area (Å²) in [6, 6.07) is 66.7. The van der Waals surface area contributed by atoms with Crippen molar-refractivity contribution < 1.29 is 8.83 Å². The zero-order valence-corrected chi connectivity index (χ0v) is 28.7. The minimum Gasteiger partial charge on any atom is -0.456 e. The van der Waals surface area contributed by atoms with Crippen LogP contribution in [-0.2, 0) is 0 Å². The van der Waals surface area contributed by atoms with E-state index in [1.165, 1.54) is 27.5 Å². The fourth-order valence-corrected chi connectivity index (χ4v) is 8.30. The van der Waals surface area contributed by atoms with Crippen LogP contribution in [0.15, 0.2) is 197 Å². The fraction of sp³-hybridized carbons (Fsp3) is 0. The first-order valence-electron chi connectivity index (χ1n) is 18.0. The average Bonchev–Trinajstić information content (AvgIpc) is 3.81. The summed E-state index contributed by atoms with van der Waals surface area (Å²) >= 11 is 0. The summed E-state index contributed by atoms with van der Waals surface area (Å²) in [6.07, 6.45) is 0. The van der Waals surface area contributed by atoms with Crippen molar-refractivity contribution in [2.24, 2.45) is 0 Å². The van der Waals surface area contributed by atoms with Gasteiger partial charge >= 0.3 is 0 Å². The minimum absolute atomic E-state index is 0.851. The Kier molecular flexibility index (Phi) is 6.55. The Morgan fingerprint density at radius 3 is 1.64 bits per heavy atom. The molecule has 0 unspecified atom stereocenters. The molecular weight excluding hydrogens is 647 g/mol. The van der Waals surface area contributed by atoms with Crippen LogP contribution in [-0.4, -0.2) is 0 Å². The number of hydrogen-bond donors (Lipinski definition) is 0. The predicted molar refractivity (Wildman–Crippen MR) is 222 cm³/mol. The molecule has 0 spiro atoms. The van der Waals surface area contributed by atoms with Crippen LogP contribution in [0, 0.1) is 0 Å². The molecule has 3 heteroatoms. The Morgan fingerprint density at radius 2 is 0.887 bits per heavy atom. The molecule has 0 bridgehead atoms. The van der Waals surface area contributed by atoms with Crippen LogP contribution in [0.5, 0.6) is 0 Å². The highest BCUT2D eigenvalue weighted by molar-refractivity contribution is 6.21. The Hall–Kier alpha value is -7.10. The Bertz CT molecular complexity index is 3160. The second-order valence-corrected chi connectivity index (χ2v) is 13.6. The molecule has 11 aromatic rings. The van der Waals surface area contributed by atoms with Crippen LogP contribution >= 0.6 is 0 Å². The first-order valence-corrected chi connectivity index (χ1v) is 18.0. The number of benzene rings is 9. The quantitative estimate of drug-likeness (QED) is 0.182. The van der Waals surface area contributed by atoms with E-state index in [4.69, 9.17) is 8.83 Å². The van der Waals surface area contributed by atoms with Gasteiger partial charge in [0.2, 0.25) is 0 Å². The monoisotopic (exact) mass is 677 g/mol. The summed E-state index contributed by atoms with van der Waals surface area (Å²) < 4.78 is 13.1. The largest absolute Gasteiger partial charge is 0.456 e. The highest BCUT2D eigenvalue weighted by Crippen LogP contribution is 2.48. The van der Waals surface area contributed by atoms with Crippen LogP contribution in [0.2, 0.25) is 0 Å². The van der Waals surface area contributed by atoms with E-state index in [1.807, 2.05) is 12.1 Å². The normalized spacial score (nSPS) is 11.8. The number of rotatable bonds is 5. The lowest BCUT2D eigenvalue weighted by atomic mass is 9.91. The molecule has 0 radical (unpaired) electrons. The molecule has 0 atom stereocenters. The lowest BCUT2D eigenvalue weighted by Crippen LogP contribution is -2.10. The van der Waals surface area contributed by atoms with Gasteiger partial charge in [-0.3, -0.25) is 0 Å². The van der Waals surface area contributed by atoms with Gasteiger partial charge in [-0.15, -0.1) is 0 Å². The van der Waals surface area contributed by atoms with E-state index in [2.05, 4.69) is 181 Å². The van der Waals surface area contributed by atoms with Crippen molar-refractivity contribution in [1.29, 1.82) is 0 Å². The summed E-state index contributed by atoms with van der Waals surface area (Å²) in [4.78, 5) is 2.37. The minimum atomic E-state index is 0.851. The standard InChI is InChI=1S/C50H31NO2/c1-2-12-32(13-3-1)37-19-8-15-35-16-9-20-38(47(35)37)34-26-29-36(30-27-34)51(42-21-10-24-45-48(42)40-18-6-7-23-44(40)52-45)43-22-11-25-46-49(43)41-31-28-33-14-4-5-17-39(33)50(41)53-46/h1-31H. The van der Waals surface area contributed by atoms with Crippen molar-refractivity contribution in [2.45, 2.75) is 0 Å². The van der Waals surface area contributed by atoms with Gasteiger partial charge in [-0.1, -0.05) is 140 Å². The van der Waals surface area contributed by atoms with Gasteiger partial charge in [-0.25, -0.2) is 0 Å². The molecular formula is C50H31NO2. The van der Waals surface area contributed by atoms with Crippen LogP contribution in [0.1, 0.15) is 0 Å². The maximum Gasteiger partial charge on any atom is 0.143 e. The summed E-state index contributed by atoms with van der Waals surface area (Å²) in [5.74, 6) is 0. The molecule has 2 aromatic heterocycles. The lowest BCUT2D eigenvalue weighted by molar-refractivity contribution is 0.669. The van der Waals surface area contributed by atoms with Crippen LogP contribution in [0.3, 0.4) is 0 Å². The molecule has 0 amide bonds. The molecule has 0 aliphatic carbocycles. The second kappa shape index (κ2) is 11.7. The van der Waals surface area contributed by atoms with Crippen molar-refractivity contribution in [2.75, 3.05) is 4.90 Å². The third-order valence-corrected chi connectivity index (χ3v) is 10.7. The topological polar surface area (TPSA) is 29.5 Å². The molecule has 0 saturated heterocycles. The van der Waals surface area contributed by atoms with E-state index in [0.717, 1.165) is 77.3 Å². The Balaban J connectivity index is 1.16. The van der Waals surface area contributed by atoms with Crippen molar-refractivity contribution in [3.63, 3.8) is 0 Å². The molecule has 0 aliphatic rings. The first kappa shape index (κ1) is 29.6. The molecule has 0 saturated carbocycles. The second-order valence-electron chi connectivity index (χ2n) is 13.6. The van der Waals surface area contributed by atoms with Gasteiger partial charge in [-0.05, 0) is 86.9 Å². The zero-order valence-electron chi connectivity index (χ0n) is 28.7. The molecule has 0 N–H and O–H groups in total. The van der Waals surface area contributed by atoms with Crippen LogP contribution < -0.4 is 4.90 Å². The smallest absolute Gasteiger partial charge is 0.143 e. The summed E-state index contributed by atoms with van der Waals surface area (Å²) in [6.45, 7) is 0. The molecule has 248 valence electrons. The number of fused-ring (bicyclic) bond motifs is 9. The molecule has 3 nitrogen and oxygen atoms in total. The molecule has 0 aliphatic heterocycles. The van der Waals surface area contributed by atoms with E-state index in [9.17, 15) is 0 Å². The number of para-hydroxylation sites is 1. The van der Waals surface area contributed by atoms with E-state index >= 15 is 0 Å². The molecule has 53 heavy (non-hydrogen) atoms. The van der Waals surface area contributed by atoms with Crippen molar-refractivity contribution in [1.82, 2.24) is 0 Å². The average molecular weight is 678 g/mol. The van der Waals surface area contributed by atoms with E-state index in [1.54, 1.807) is 0 Å². The number of hydrogen-bond acceptors (Lipinski definition) is 3. The number of nitrogens with zero attached hydrogens (tertiary/aromatic N) is 1. The van der Waals surface area contributed by atoms with Gasteiger partial charge in [0.05, 0.1) is 22.1 Å². The van der Waals surface area contributed by atoms with E-state index in [0.29, 0.717) is 0 Å². The van der Waals surface area contributed by atoms with Crippen molar-refractivity contribution in [3.8, 4) is 22.3 Å². The van der Waals surface area contributed by atoms with Gasteiger partial charge < -0.3 is 13.7 Å². The maximum atomic E-state index is 6.69. The molecule has 2 heterocycles. The van der Waals surface area contributed by atoms with Crippen LogP contribution in [0.25, 0.3) is 87.7 Å². The highest BCUT2D eigenvalue weighted by atomic mass is 16.3. The first-order chi connectivity index (χ1) is 26.3. The van der Waals surface area contributed by atoms with Gasteiger partial charge in [0.25, 0.3) is 0 Å². The Labute approximate surface area is 305 Å². The van der Waals surface area contributed by atoms with E-state index < -0.39 is 0 Å². The van der Waals surface area contributed by atoms with Gasteiger partial charge in [0, 0.05) is 21.8 Å². The third kappa shape index (κ3) is 4.61.